The minimum absolute atomic E-state index is 0.0156. The number of hydrogen-bond donors (Lipinski definition) is 0. The maximum absolute atomic E-state index is 12.1. The summed E-state index contributed by atoms with van der Waals surface area (Å²) >= 11 is 0. The van der Waals surface area contributed by atoms with E-state index in [-0.39, 0.29) is 41.2 Å². The van der Waals surface area contributed by atoms with Gasteiger partial charge < -0.3 is 9.47 Å². The van der Waals surface area contributed by atoms with Gasteiger partial charge in [-0.15, -0.1) is 0 Å². The van der Waals surface area contributed by atoms with Gasteiger partial charge >= 0.3 is 11.9 Å². The van der Waals surface area contributed by atoms with E-state index in [9.17, 15) is 9.59 Å². The third kappa shape index (κ3) is 3.88. The van der Waals surface area contributed by atoms with Gasteiger partial charge in [0.1, 0.15) is 6.10 Å². The zero-order valence-electron chi connectivity index (χ0n) is 18.9. The van der Waals surface area contributed by atoms with Gasteiger partial charge in [0.2, 0.25) is 0 Å². The molecule has 162 valence electrons. The summed E-state index contributed by atoms with van der Waals surface area (Å²) in [5.41, 5.74) is 3.72. The van der Waals surface area contributed by atoms with Crippen molar-refractivity contribution in [3.63, 3.8) is 0 Å². The van der Waals surface area contributed by atoms with E-state index in [0.29, 0.717) is 24.4 Å². The number of carbonyl (C=O) groups is 2. The van der Waals surface area contributed by atoms with E-state index >= 15 is 0 Å². The van der Waals surface area contributed by atoms with Crippen molar-refractivity contribution in [2.45, 2.75) is 92.1 Å². The molecule has 0 radical (unpaired) electrons. The summed E-state index contributed by atoms with van der Waals surface area (Å²) in [6, 6.07) is 0. The third-order valence-corrected chi connectivity index (χ3v) is 8.02. The predicted octanol–water partition coefficient (Wildman–Crippen LogP) is 5.45. The second-order valence-corrected chi connectivity index (χ2v) is 11.6. The molecule has 0 aromatic heterocycles. The van der Waals surface area contributed by atoms with Crippen LogP contribution in [0.4, 0.5) is 0 Å². The van der Waals surface area contributed by atoms with E-state index in [4.69, 9.17) is 9.47 Å². The first kappa shape index (κ1) is 20.9. The summed E-state index contributed by atoms with van der Waals surface area (Å²) in [6.45, 7) is 11.8. The fraction of sp³-hybridized carbons (Fsp3) is 0.840. The number of allylic oxidation sites excluding steroid dienone is 1. The molecule has 1 saturated heterocycles. The molecule has 4 rings (SSSR count). The van der Waals surface area contributed by atoms with Crippen molar-refractivity contribution < 1.29 is 19.1 Å². The highest BCUT2D eigenvalue weighted by Gasteiger charge is 2.59. The highest BCUT2D eigenvalue weighted by Crippen LogP contribution is 2.59. The molecule has 3 aliphatic carbocycles. The molecular formula is C25H38O4. The van der Waals surface area contributed by atoms with Crippen molar-refractivity contribution in [3.05, 3.63) is 11.1 Å². The third-order valence-electron chi connectivity index (χ3n) is 8.02. The Morgan fingerprint density at radius 3 is 2.66 bits per heavy atom. The van der Waals surface area contributed by atoms with Gasteiger partial charge in [0, 0.05) is 18.3 Å². The Labute approximate surface area is 175 Å². The lowest BCUT2D eigenvalue weighted by atomic mass is 9.58. The number of fused-ring (bicyclic) bond motifs is 3. The van der Waals surface area contributed by atoms with E-state index in [0.717, 1.165) is 19.3 Å². The van der Waals surface area contributed by atoms with Crippen molar-refractivity contribution in [1.82, 2.24) is 0 Å². The minimum atomic E-state index is -0.0996. The van der Waals surface area contributed by atoms with E-state index in [1.165, 1.54) is 31.3 Å². The fourth-order valence-corrected chi connectivity index (χ4v) is 6.92. The average molecular weight is 403 g/mol. The highest BCUT2D eigenvalue weighted by molar-refractivity contribution is 5.80. The van der Waals surface area contributed by atoms with Gasteiger partial charge in [0.05, 0.1) is 12.5 Å². The molecule has 0 amide bonds. The normalized spacial score (nSPS) is 38.2. The summed E-state index contributed by atoms with van der Waals surface area (Å²) in [6.07, 6.45) is 8.54. The molecule has 0 aromatic rings. The van der Waals surface area contributed by atoms with E-state index in [2.05, 4.69) is 20.8 Å². The standard InChI is InChI=1S/C25H38O4/c1-15(2)11-20(26)28-13-16-7-8-19(25(5)10-6-9-24(3,4)14-25)17-12-18-22(21(16)17)29-23(18)27/h15-16,18,21-22H,6-14H2,1-5H3/t16-,18-,21-,22-,25+/m1/s1. The molecule has 0 N–H and O–H groups in total. The summed E-state index contributed by atoms with van der Waals surface area (Å²) < 4.78 is 11.3. The van der Waals surface area contributed by atoms with Gasteiger partial charge in [0.25, 0.3) is 0 Å². The summed E-state index contributed by atoms with van der Waals surface area (Å²) in [5.74, 6) is 0.771. The van der Waals surface area contributed by atoms with Crippen LogP contribution in [0.15, 0.2) is 11.1 Å². The lowest BCUT2D eigenvalue weighted by molar-refractivity contribution is -0.187. The maximum atomic E-state index is 12.1. The summed E-state index contributed by atoms with van der Waals surface area (Å²) in [5, 5.41) is 0. The van der Waals surface area contributed by atoms with Crippen LogP contribution >= 0.6 is 0 Å². The number of ether oxygens (including phenoxy) is 2. The molecule has 4 heteroatoms. The summed E-state index contributed by atoms with van der Waals surface area (Å²) in [7, 11) is 0. The monoisotopic (exact) mass is 402 g/mol. The molecule has 4 nitrogen and oxygen atoms in total. The Bertz CT molecular complexity index is 718. The van der Waals surface area contributed by atoms with Gasteiger partial charge in [-0.05, 0) is 55.3 Å². The van der Waals surface area contributed by atoms with Crippen molar-refractivity contribution in [1.29, 1.82) is 0 Å². The molecule has 1 aliphatic heterocycles. The van der Waals surface area contributed by atoms with Crippen molar-refractivity contribution in [3.8, 4) is 0 Å². The number of carbonyl (C=O) groups excluding carboxylic acids is 2. The molecule has 3 fully saturated rings. The van der Waals surface area contributed by atoms with Gasteiger partial charge in [-0.2, -0.15) is 0 Å². The smallest absolute Gasteiger partial charge is 0.313 e. The molecule has 0 aromatic carbocycles. The molecule has 5 atom stereocenters. The van der Waals surface area contributed by atoms with Crippen LogP contribution in [-0.4, -0.2) is 24.6 Å². The van der Waals surface area contributed by atoms with Crippen LogP contribution in [0.3, 0.4) is 0 Å². The van der Waals surface area contributed by atoms with E-state index in [1.807, 2.05) is 13.8 Å². The molecule has 0 bridgehead atoms. The molecule has 0 unspecified atom stereocenters. The van der Waals surface area contributed by atoms with Crippen LogP contribution in [0.1, 0.15) is 86.0 Å². The van der Waals surface area contributed by atoms with Crippen LogP contribution in [0.25, 0.3) is 0 Å². The van der Waals surface area contributed by atoms with Gasteiger partial charge in [-0.25, -0.2) is 0 Å². The van der Waals surface area contributed by atoms with Crippen molar-refractivity contribution >= 4 is 11.9 Å². The zero-order chi connectivity index (χ0) is 21.0. The predicted molar refractivity (Wildman–Crippen MR) is 112 cm³/mol. The Kier molecular flexibility index (Phi) is 5.36. The van der Waals surface area contributed by atoms with Gasteiger partial charge in [-0.3, -0.25) is 9.59 Å². The number of rotatable bonds is 5. The Balaban J connectivity index is 1.57. The molecule has 1 heterocycles. The second kappa shape index (κ2) is 7.42. The Hall–Kier alpha value is -1.32. The van der Waals surface area contributed by atoms with Crippen molar-refractivity contribution in [2.75, 3.05) is 6.61 Å². The lowest BCUT2D eigenvalue weighted by Crippen LogP contribution is -2.47. The highest BCUT2D eigenvalue weighted by atomic mass is 16.6. The molecule has 2 saturated carbocycles. The second-order valence-electron chi connectivity index (χ2n) is 11.6. The van der Waals surface area contributed by atoms with Gasteiger partial charge in [-0.1, -0.05) is 52.2 Å². The average Bonchev–Trinajstić information content (AvgIpc) is 2.91. The van der Waals surface area contributed by atoms with Crippen molar-refractivity contribution in [2.24, 2.45) is 34.5 Å². The SMILES string of the molecule is CC(C)CC(=O)OC[C@H]1CCC([C@@]2(C)CCCC(C)(C)C2)=C2C[C@H]3C(=O)O[C@H]3[C@@H]21. The first-order chi connectivity index (χ1) is 13.6. The van der Waals surface area contributed by atoms with Gasteiger partial charge in [0.15, 0.2) is 0 Å². The minimum Gasteiger partial charge on any atom is -0.465 e. The van der Waals surface area contributed by atoms with E-state index < -0.39 is 0 Å². The Morgan fingerprint density at radius 2 is 2.00 bits per heavy atom. The van der Waals surface area contributed by atoms with Crippen LogP contribution in [-0.2, 0) is 19.1 Å². The van der Waals surface area contributed by atoms with Crippen LogP contribution < -0.4 is 0 Å². The quantitative estimate of drug-likeness (QED) is 0.453. The fourth-order valence-electron chi connectivity index (χ4n) is 6.92. The maximum Gasteiger partial charge on any atom is 0.313 e. The van der Waals surface area contributed by atoms with Crippen LogP contribution in [0.5, 0.6) is 0 Å². The number of hydrogen-bond acceptors (Lipinski definition) is 4. The van der Waals surface area contributed by atoms with Crippen LogP contribution in [0.2, 0.25) is 0 Å². The summed E-state index contributed by atoms with van der Waals surface area (Å²) in [4.78, 5) is 24.2. The lowest BCUT2D eigenvalue weighted by Gasteiger charge is -2.48. The molecule has 29 heavy (non-hydrogen) atoms. The molecule has 0 spiro atoms. The zero-order valence-corrected chi connectivity index (χ0v) is 18.9. The molecule has 4 aliphatic rings. The first-order valence-electron chi connectivity index (χ1n) is 11.7. The molecular weight excluding hydrogens is 364 g/mol. The van der Waals surface area contributed by atoms with E-state index in [1.54, 1.807) is 5.57 Å². The topological polar surface area (TPSA) is 52.6 Å². The first-order valence-corrected chi connectivity index (χ1v) is 11.7. The largest absolute Gasteiger partial charge is 0.465 e. The van der Waals surface area contributed by atoms with Crippen LogP contribution in [0, 0.1) is 34.5 Å². The Morgan fingerprint density at radius 1 is 1.24 bits per heavy atom. The number of esters is 2.